The smallest absolute Gasteiger partial charge is 0.155 e. The van der Waals surface area contributed by atoms with E-state index in [0.717, 1.165) is 12.2 Å². The molecule has 1 aliphatic carbocycles. The summed E-state index contributed by atoms with van der Waals surface area (Å²) in [4.78, 5) is 0. The molecule has 4 nitrogen and oxygen atoms in total. The molecule has 0 saturated heterocycles. The van der Waals surface area contributed by atoms with Gasteiger partial charge in [0.05, 0.1) is 16.9 Å². The van der Waals surface area contributed by atoms with Gasteiger partial charge in [-0.3, -0.25) is 4.68 Å². The van der Waals surface area contributed by atoms with Gasteiger partial charge in [-0.15, -0.1) is 0 Å². The molecule has 1 saturated carbocycles. The van der Waals surface area contributed by atoms with Crippen molar-refractivity contribution < 1.29 is 9.52 Å². The van der Waals surface area contributed by atoms with Gasteiger partial charge in [0.25, 0.3) is 0 Å². The van der Waals surface area contributed by atoms with E-state index >= 15 is 0 Å². The van der Waals surface area contributed by atoms with Crippen LogP contribution in [0.3, 0.4) is 0 Å². The highest BCUT2D eigenvalue weighted by Gasteiger charge is 2.37. The van der Waals surface area contributed by atoms with Crippen LogP contribution in [0.15, 0.2) is 22.7 Å². The van der Waals surface area contributed by atoms with E-state index in [1.165, 1.54) is 6.20 Å². The largest absolute Gasteiger partial charge is 0.463 e. The SMILES string of the molecule is CC1CC1c1ccc(C(O)c2c(Cl)cnn2C)o1. The van der Waals surface area contributed by atoms with Crippen molar-refractivity contribution in [3.8, 4) is 0 Å². The third-order valence-corrected chi connectivity index (χ3v) is 3.88. The number of halogens is 1. The van der Waals surface area contributed by atoms with Gasteiger partial charge in [0.2, 0.25) is 0 Å². The van der Waals surface area contributed by atoms with Crippen molar-refractivity contribution in [3.63, 3.8) is 0 Å². The molecule has 1 fully saturated rings. The lowest BCUT2D eigenvalue weighted by Crippen LogP contribution is -2.06. The number of aromatic nitrogens is 2. The monoisotopic (exact) mass is 266 g/mol. The minimum absolute atomic E-state index is 0.447. The number of aryl methyl sites for hydroxylation is 1. The molecule has 5 heteroatoms. The number of aliphatic hydroxyl groups is 1. The summed E-state index contributed by atoms with van der Waals surface area (Å²) in [5.74, 6) is 2.67. The lowest BCUT2D eigenvalue weighted by Gasteiger charge is -2.09. The highest BCUT2D eigenvalue weighted by molar-refractivity contribution is 6.31. The Morgan fingerprint density at radius 1 is 1.56 bits per heavy atom. The lowest BCUT2D eigenvalue weighted by atomic mass is 10.2. The molecule has 3 unspecified atom stereocenters. The van der Waals surface area contributed by atoms with Gasteiger partial charge in [0.1, 0.15) is 11.5 Å². The highest BCUT2D eigenvalue weighted by Crippen LogP contribution is 2.47. The summed E-state index contributed by atoms with van der Waals surface area (Å²) >= 11 is 6.01. The molecule has 2 heterocycles. The number of rotatable bonds is 3. The molecule has 0 radical (unpaired) electrons. The van der Waals surface area contributed by atoms with Crippen LogP contribution in [-0.2, 0) is 7.05 Å². The molecule has 2 aromatic heterocycles. The van der Waals surface area contributed by atoms with Crippen molar-refractivity contribution in [2.24, 2.45) is 13.0 Å². The van der Waals surface area contributed by atoms with Gasteiger partial charge < -0.3 is 9.52 Å². The summed E-state index contributed by atoms with van der Waals surface area (Å²) in [5, 5.41) is 14.7. The number of furan rings is 1. The predicted molar refractivity (Wildman–Crippen MR) is 67.5 cm³/mol. The van der Waals surface area contributed by atoms with E-state index in [9.17, 15) is 5.11 Å². The molecular weight excluding hydrogens is 252 g/mol. The minimum Gasteiger partial charge on any atom is -0.463 e. The van der Waals surface area contributed by atoms with Gasteiger partial charge in [0.15, 0.2) is 6.10 Å². The summed E-state index contributed by atoms with van der Waals surface area (Å²) in [6.07, 6.45) is 1.82. The van der Waals surface area contributed by atoms with Crippen LogP contribution in [0.4, 0.5) is 0 Å². The standard InChI is InChI=1S/C13H15ClN2O2/c1-7-5-8(7)10-3-4-11(18-10)13(17)12-9(14)6-15-16(12)2/h3-4,6-8,13,17H,5H2,1-2H3. The normalized spacial score (nSPS) is 24.2. The molecule has 1 N–H and O–H groups in total. The third-order valence-electron chi connectivity index (χ3n) is 3.59. The number of hydrogen-bond acceptors (Lipinski definition) is 3. The van der Waals surface area contributed by atoms with E-state index < -0.39 is 6.10 Å². The Morgan fingerprint density at radius 2 is 2.28 bits per heavy atom. The maximum absolute atomic E-state index is 10.3. The van der Waals surface area contributed by atoms with Crippen LogP contribution < -0.4 is 0 Å². The first-order chi connectivity index (χ1) is 8.58. The van der Waals surface area contributed by atoms with Crippen molar-refractivity contribution in [2.75, 3.05) is 0 Å². The van der Waals surface area contributed by atoms with Gasteiger partial charge in [-0.05, 0) is 24.5 Å². The summed E-state index contributed by atoms with van der Waals surface area (Å²) < 4.78 is 7.29. The summed E-state index contributed by atoms with van der Waals surface area (Å²) in [7, 11) is 1.75. The van der Waals surface area contributed by atoms with E-state index in [1.807, 2.05) is 12.1 Å². The first kappa shape index (κ1) is 11.8. The van der Waals surface area contributed by atoms with Gasteiger partial charge >= 0.3 is 0 Å². The molecule has 96 valence electrons. The van der Waals surface area contributed by atoms with Gasteiger partial charge in [-0.2, -0.15) is 5.10 Å². The van der Waals surface area contributed by atoms with Gasteiger partial charge in [-0.25, -0.2) is 0 Å². The Hall–Kier alpha value is -1.26. The summed E-state index contributed by atoms with van der Waals surface area (Å²) in [6, 6.07) is 3.76. The van der Waals surface area contributed by atoms with Crippen LogP contribution in [0.5, 0.6) is 0 Å². The van der Waals surface area contributed by atoms with Crippen molar-refractivity contribution >= 4 is 11.6 Å². The third kappa shape index (κ3) is 1.85. The molecular formula is C13H15ClN2O2. The zero-order chi connectivity index (χ0) is 12.9. The molecule has 0 amide bonds. The second kappa shape index (κ2) is 4.14. The average molecular weight is 267 g/mol. The van der Waals surface area contributed by atoms with Crippen molar-refractivity contribution in [3.05, 3.63) is 40.6 Å². The molecule has 3 rings (SSSR count). The maximum atomic E-state index is 10.3. The van der Waals surface area contributed by atoms with E-state index in [0.29, 0.717) is 28.3 Å². The predicted octanol–water partition coefficient (Wildman–Crippen LogP) is 2.87. The molecule has 2 aromatic rings. The van der Waals surface area contributed by atoms with E-state index in [2.05, 4.69) is 12.0 Å². The Labute approximate surface area is 110 Å². The first-order valence-electron chi connectivity index (χ1n) is 6.03. The fourth-order valence-corrected chi connectivity index (χ4v) is 2.57. The van der Waals surface area contributed by atoms with Gasteiger partial charge in [-0.1, -0.05) is 18.5 Å². The van der Waals surface area contributed by atoms with E-state index in [-0.39, 0.29) is 0 Å². The van der Waals surface area contributed by atoms with E-state index in [1.54, 1.807) is 11.7 Å². The summed E-state index contributed by atoms with van der Waals surface area (Å²) in [6.45, 7) is 2.20. The second-order valence-electron chi connectivity index (χ2n) is 4.96. The Balaban J connectivity index is 1.88. The zero-order valence-corrected chi connectivity index (χ0v) is 11.1. The fraction of sp³-hybridized carbons (Fsp3) is 0.462. The van der Waals surface area contributed by atoms with Crippen LogP contribution in [0.25, 0.3) is 0 Å². The van der Waals surface area contributed by atoms with Crippen molar-refractivity contribution in [1.82, 2.24) is 9.78 Å². The van der Waals surface area contributed by atoms with Crippen LogP contribution >= 0.6 is 11.6 Å². The molecule has 18 heavy (non-hydrogen) atoms. The molecule has 1 aliphatic rings. The highest BCUT2D eigenvalue weighted by atomic mass is 35.5. The molecule has 0 aliphatic heterocycles. The van der Waals surface area contributed by atoms with Crippen molar-refractivity contribution in [1.29, 1.82) is 0 Å². The number of hydrogen-bond donors (Lipinski definition) is 1. The first-order valence-corrected chi connectivity index (χ1v) is 6.40. The number of aliphatic hydroxyl groups excluding tert-OH is 1. The van der Waals surface area contributed by atoms with Gasteiger partial charge in [0, 0.05) is 13.0 Å². The average Bonchev–Trinajstić information content (AvgIpc) is 2.78. The van der Waals surface area contributed by atoms with Crippen LogP contribution in [-0.4, -0.2) is 14.9 Å². The zero-order valence-electron chi connectivity index (χ0n) is 10.3. The molecule has 3 atom stereocenters. The minimum atomic E-state index is -0.868. The van der Waals surface area contributed by atoms with Crippen LogP contribution in [0, 0.1) is 5.92 Å². The molecule has 0 aromatic carbocycles. The Kier molecular flexibility index (Phi) is 2.72. The topological polar surface area (TPSA) is 51.2 Å². The van der Waals surface area contributed by atoms with Crippen LogP contribution in [0.1, 0.15) is 42.6 Å². The Morgan fingerprint density at radius 3 is 2.83 bits per heavy atom. The second-order valence-corrected chi connectivity index (χ2v) is 5.37. The van der Waals surface area contributed by atoms with Crippen LogP contribution in [0.2, 0.25) is 5.02 Å². The lowest BCUT2D eigenvalue weighted by molar-refractivity contribution is 0.177. The Bertz CT molecular complexity index is 556. The fourth-order valence-electron chi connectivity index (χ4n) is 2.30. The number of nitrogens with zero attached hydrogens (tertiary/aromatic N) is 2. The quantitative estimate of drug-likeness (QED) is 0.929. The van der Waals surface area contributed by atoms with Crippen molar-refractivity contribution in [2.45, 2.75) is 25.4 Å². The maximum Gasteiger partial charge on any atom is 0.155 e. The molecule has 0 bridgehead atoms. The van der Waals surface area contributed by atoms with E-state index in [4.69, 9.17) is 16.0 Å². The summed E-state index contributed by atoms with van der Waals surface area (Å²) in [5.41, 5.74) is 0.557. The molecule has 0 spiro atoms.